The van der Waals surface area contributed by atoms with E-state index >= 15 is 0 Å². The standard InChI is InChI=1S/C22H27NO5S.C15H21NO3/c1-15-5-11-21(12-6-15)29(25,26)28-17(3)19-13-22(24)23(14-19)16(2)18-7-9-20(27-4)10-8-18;1-10(12-4-6-14(19-3)7-5-12)16-9-13(11(2)17)8-15(16)18/h5-12,16-17,19H,13-14H2,1-4H3;4-7,10-11,13,17H,8-9H2,1-3H3/t16-,17-,19+;10-,11-,13+/m00/s1. The topological polar surface area (TPSA) is 123 Å². The Labute approximate surface area is 284 Å². The van der Waals surface area contributed by atoms with E-state index in [1.807, 2.05) is 74.2 Å². The SMILES string of the molecule is COc1ccc([C@H](C)N2C[C@H]([C@H](C)O)CC2=O)cc1.COc1ccc([C@H](C)N2C[C@H]([C@H](C)OS(=O)(=O)c3ccc(C)cc3)CC2=O)cc1. The Balaban J connectivity index is 0.000000237. The lowest BCUT2D eigenvalue weighted by Crippen LogP contribution is -2.31. The van der Waals surface area contributed by atoms with Crippen molar-refractivity contribution in [2.24, 2.45) is 11.8 Å². The van der Waals surface area contributed by atoms with Crippen LogP contribution >= 0.6 is 0 Å². The van der Waals surface area contributed by atoms with E-state index in [1.165, 1.54) is 12.1 Å². The lowest BCUT2D eigenvalue weighted by Gasteiger charge is -2.26. The molecule has 0 spiro atoms. The van der Waals surface area contributed by atoms with Crippen LogP contribution in [0.1, 0.15) is 69.3 Å². The van der Waals surface area contributed by atoms with Crippen molar-refractivity contribution in [2.45, 2.75) is 76.6 Å². The molecule has 0 unspecified atom stereocenters. The molecule has 2 amide bonds. The average Bonchev–Trinajstić information content (AvgIpc) is 3.67. The summed E-state index contributed by atoms with van der Waals surface area (Å²) in [5.74, 6) is 1.55. The minimum Gasteiger partial charge on any atom is -0.497 e. The molecule has 6 atom stereocenters. The van der Waals surface area contributed by atoms with Crippen molar-refractivity contribution in [1.29, 1.82) is 0 Å². The van der Waals surface area contributed by atoms with Gasteiger partial charge in [-0.3, -0.25) is 13.8 Å². The molecule has 260 valence electrons. The Kier molecular flexibility index (Phi) is 12.3. The number of aliphatic hydroxyl groups excluding tert-OH is 1. The summed E-state index contributed by atoms with van der Waals surface area (Å²) in [7, 11) is -0.628. The first kappa shape index (κ1) is 36.9. The normalized spacial score (nSPS) is 20.5. The third kappa shape index (κ3) is 8.94. The molecule has 0 aliphatic carbocycles. The average molecular weight is 681 g/mol. The lowest BCUT2D eigenvalue weighted by atomic mass is 10.0. The van der Waals surface area contributed by atoms with Crippen molar-refractivity contribution in [3.8, 4) is 11.5 Å². The predicted molar refractivity (Wildman–Crippen MR) is 183 cm³/mol. The molecule has 10 nitrogen and oxygen atoms in total. The number of benzene rings is 3. The number of carbonyl (C=O) groups is 2. The summed E-state index contributed by atoms with van der Waals surface area (Å²) in [5.41, 5.74) is 3.06. The minimum absolute atomic E-state index is 0.00139. The van der Waals surface area contributed by atoms with Crippen LogP contribution in [0.25, 0.3) is 0 Å². The largest absolute Gasteiger partial charge is 0.497 e. The molecule has 2 saturated heterocycles. The van der Waals surface area contributed by atoms with Crippen molar-refractivity contribution < 1.29 is 36.8 Å². The molecule has 0 radical (unpaired) electrons. The van der Waals surface area contributed by atoms with Gasteiger partial charge < -0.3 is 24.4 Å². The van der Waals surface area contributed by atoms with Gasteiger partial charge in [0.2, 0.25) is 11.8 Å². The van der Waals surface area contributed by atoms with Crippen LogP contribution in [0.3, 0.4) is 0 Å². The Morgan fingerprint density at radius 3 is 1.50 bits per heavy atom. The zero-order valence-electron chi connectivity index (χ0n) is 28.8. The summed E-state index contributed by atoms with van der Waals surface area (Å²) < 4.78 is 40.9. The summed E-state index contributed by atoms with van der Waals surface area (Å²) >= 11 is 0. The molecule has 3 aromatic carbocycles. The molecule has 48 heavy (non-hydrogen) atoms. The van der Waals surface area contributed by atoms with Gasteiger partial charge in [0.1, 0.15) is 11.5 Å². The smallest absolute Gasteiger partial charge is 0.297 e. The number of nitrogens with zero attached hydrogens (tertiary/aromatic N) is 2. The maximum atomic E-state index is 12.6. The number of aryl methyl sites for hydroxylation is 1. The Morgan fingerprint density at radius 2 is 1.10 bits per heavy atom. The molecule has 2 fully saturated rings. The first-order valence-corrected chi connectivity index (χ1v) is 17.7. The van der Waals surface area contributed by atoms with E-state index < -0.39 is 22.3 Å². The molecule has 0 aromatic heterocycles. The number of carbonyl (C=O) groups excluding carboxylic acids is 2. The second-order valence-corrected chi connectivity index (χ2v) is 14.3. The summed E-state index contributed by atoms with van der Waals surface area (Å²) in [5, 5.41) is 9.61. The fraction of sp³-hybridized carbons (Fsp3) is 0.459. The van der Waals surface area contributed by atoms with Gasteiger partial charge in [-0.05, 0) is 82.1 Å². The molecule has 5 rings (SSSR count). The number of rotatable bonds is 11. The molecule has 2 aliphatic heterocycles. The predicted octanol–water partition coefficient (Wildman–Crippen LogP) is 5.69. The van der Waals surface area contributed by atoms with Crippen LogP contribution < -0.4 is 9.47 Å². The highest BCUT2D eigenvalue weighted by molar-refractivity contribution is 7.86. The van der Waals surface area contributed by atoms with E-state index in [0.29, 0.717) is 19.5 Å². The number of hydrogen-bond acceptors (Lipinski definition) is 8. The molecule has 1 N–H and O–H groups in total. The van der Waals surface area contributed by atoms with Crippen LogP contribution in [-0.2, 0) is 23.9 Å². The number of hydrogen-bond donors (Lipinski definition) is 1. The van der Waals surface area contributed by atoms with Gasteiger partial charge in [0.05, 0.1) is 43.4 Å². The van der Waals surface area contributed by atoms with E-state index in [1.54, 1.807) is 45.1 Å². The number of aliphatic hydroxyl groups is 1. The number of likely N-dealkylation sites (tertiary alicyclic amines) is 2. The van der Waals surface area contributed by atoms with E-state index in [9.17, 15) is 23.1 Å². The zero-order chi connectivity index (χ0) is 35.2. The van der Waals surface area contributed by atoms with Gasteiger partial charge >= 0.3 is 0 Å². The van der Waals surface area contributed by atoms with Crippen molar-refractivity contribution in [3.63, 3.8) is 0 Å². The Morgan fingerprint density at radius 1 is 0.688 bits per heavy atom. The number of methoxy groups -OCH3 is 2. The molecular formula is C37H48N2O8S. The molecule has 0 bridgehead atoms. The second-order valence-electron chi connectivity index (χ2n) is 12.7. The van der Waals surface area contributed by atoms with Gasteiger partial charge in [-0.15, -0.1) is 0 Å². The molecule has 3 aromatic rings. The van der Waals surface area contributed by atoms with Crippen molar-refractivity contribution in [1.82, 2.24) is 9.80 Å². The summed E-state index contributed by atoms with van der Waals surface area (Å²) in [6.45, 7) is 10.4. The van der Waals surface area contributed by atoms with Crippen LogP contribution in [0.4, 0.5) is 0 Å². The fourth-order valence-corrected chi connectivity index (χ4v) is 7.21. The quantitative estimate of drug-likeness (QED) is 0.256. The van der Waals surface area contributed by atoms with Crippen LogP contribution in [-0.4, -0.2) is 74.7 Å². The number of ether oxygens (including phenoxy) is 2. The van der Waals surface area contributed by atoms with Crippen molar-refractivity contribution in [3.05, 3.63) is 89.5 Å². The molecule has 11 heteroatoms. The van der Waals surface area contributed by atoms with Crippen LogP contribution in [0.15, 0.2) is 77.7 Å². The third-order valence-electron chi connectivity index (χ3n) is 9.44. The first-order chi connectivity index (χ1) is 22.7. The lowest BCUT2D eigenvalue weighted by molar-refractivity contribution is -0.130. The van der Waals surface area contributed by atoms with E-state index in [0.717, 1.165) is 28.2 Å². The summed E-state index contributed by atoms with van der Waals surface area (Å²) in [4.78, 5) is 28.4. The van der Waals surface area contributed by atoms with Gasteiger partial charge in [-0.2, -0.15) is 8.42 Å². The van der Waals surface area contributed by atoms with Gasteiger partial charge in [0.15, 0.2) is 0 Å². The minimum atomic E-state index is -3.87. The monoisotopic (exact) mass is 680 g/mol. The molecule has 2 aliphatic rings. The number of amides is 2. The Hall–Kier alpha value is -3.93. The van der Waals surface area contributed by atoms with E-state index in [-0.39, 0.29) is 47.1 Å². The van der Waals surface area contributed by atoms with Crippen LogP contribution in [0.2, 0.25) is 0 Å². The maximum absolute atomic E-state index is 12.6. The maximum Gasteiger partial charge on any atom is 0.297 e. The van der Waals surface area contributed by atoms with Gasteiger partial charge in [-0.1, -0.05) is 42.0 Å². The Bertz CT molecular complexity index is 1630. The van der Waals surface area contributed by atoms with Crippen molar-refractivity contribution >= 4 is 21.9 Å². The van der Waals surface area contributed by atoms with Gasteiger partial charge in [0, 0.05) is 37.8 Å². The van der Waals surface area contributed by atoms with E-state index in [4.69, 9.17) is 13.7 Å². The highest BCUT2D eigenvalue weighted by Crippen LogP contribution is 2.33. The molecule has 2 heterocycles. The first-order valence-electron chi connectivity index (χ1n) is 16.3. The second kappa shape index (κ2) is 16.0. The highest BCUT2D eigenvalue weighted by atomic mass is 32.2. The van der Waals surface area contributed by atoms with Crippen LogP contribution in [0, 0.1) is 18.8 Å². The van der Waals surface area contributed by atoms with Gasteiger partial charge in [0.25, 0.3) is 10.1 Å². The van der Waals surface area contributed by atoms with Crippen molar-refractivity contribution in [2.75, 3.05) is 27.3 Å². The molecule has 0 saturated carbocycles. The third-order valence-corrected chi connectivity index (χ3v) is 10.8. The molecular weight excluding hydrogens is 632 g/mol. The fourth-order valence-electron chi connectivity index (χ4n) is 6.07. The summed E-state index contributed by atoms with van der Waals surface area (Å²) in [6, 6.07) is 21.8. The van der Waals surface area contributed by atoms with Crippen LogP contribution in [0.5, 0.6) is 11.5 Å². The highest BCUT2D eigenvalue weighted by Gasteiger charge is 2.38. The van der Waals surface area contributed by atoms with Gasteiger partial charge in [-0.25, -0.2) is 0 Å². The zero-order valence-corrected chi connectivity index (χ0v) is 29.6. The van der Waals surface area contributed by atoms with E-state index in [2.05, 4.69) is 0 Å². The summed E-state index contributed by atoms with van der Waals surface area (Å²) in [6.07, 6.45) is -0.321.